The van der Waals surface area contributed by atoms with E-state index in [0.717, 1.165) is 23.2 Å². The molecule has 2 heterocycles. The van der Waals surface area contributed by atoms with Crippen LogP contribution in [0.15, 0.2) is 51.6 Å². The summed E-state index contributed by atoms with van der Waals surface area (Å²) in [6, 6.07) is 6.47. The van der Waals surface area contributed by atoms with Crippen LogP contribution in [0.4, 0.5) is 4.39 Å². The third-order valence-electron chi connectivity index (χ3n) is 3.17. The van der Waals surface area contributed by atoms with Gasteiger partial charge in [-0.05, 0) is 23.9 Å². The van der Waals surface area contributed by atoms with Crippen LogP contribution in [0.25, 0.3) is 10.9 Å². The van der Waals surface area contributed by atoms with Crippen LogP contribution >= 0.6 is 11.8 Å². The lowest BCUT2D eigenvalue weighted by atomic mass is 10.1. The van der Waals surface area contributed by atoms with Gasteiger partial charge in [-0.1, -0.05) is 6.07 Å². The van der Waals surface area contributed by atoms with E-state index in [1.165, 1.54) is 19.4 Å². The molecule has 0 aliphatic carbocycles. The first-order valence-corrected chi connectivity index (χ1v) is 7.82. The number of thioether (sulfide) groups is 1. The van der Waals surface area contributed by atoms with E-state index in [2.05, 4.69) is 25.2 Å². The first kappa shape index (κ1) is 16.8. The van der Waals surface area contributed by atoms with Crippen LogP contribution < -0.4 is 5.32 Å². The monoisotopic (exact) mass is 358 g/mol. The van der Waals surface area contributed by atoms with Crippen LogP contribution in [0.2, 0.25) is 0 Å². The fourth-order valence-corrected chi connectivity index (χ4v) is 2.73. The minimum Gasteiger partial charge on any atom is -0.466 e. The van der Waals surface area contributed by atoms with Crippen molar-refractivity contribution in [1.29, 1.82) is 0 Å². The van der Waals surface area contributed by atoms with Crippen molar-refractivity contribution >= 4 is 45.9 Å². The number of esters is 1. The smallest absolute Gasteiger partial charge is 0.331 e. The molecular formula is C16H11FN4O3S. The number of aromatic nitrogens is 1. The summed E-state index contributed by atoms with van der Waals surface area (Å²) in [4.78, 5) is 27.0. The number of nitrogens with one attached hydrogen (secondary N) is 1. The van der Waals surface area contributed by atoms with E-state index in [9.17, 15) is 14.0 Å². The maximum absolute atomic E-state index is 14.0. The Balaban J connectivity index is 1.78. The van der Waals surface area contributed by atoms with Crippen LogP contribution in [0.5, 0.6) is 0 Å². The summed E-state index contributed by atoms with van der Waals surface area (Å²) < 4.78 is 18.5. The number of benzene rings is 1. The fraction of sp³-hybridized carbons (Fsp3) is 0.0625. The Morgan fingerprint density at radius 1 is 1.44 bits per heavy atom. The van der Waals surface area contributed by atoms with Crippen molar-refractivity contribution in [3.63, 3.8) is 0 Å². The maximum Gasteiger partial charge on any atom is 0.331 e. The Labute approximate surface area is 145 Å². The van der Waals surface area contributed by atoms with E-state index in [4.69, 9.17) is 0 Å². The quantitative estimate of drug-likeness (QED) is 0.392. The van der Waals surface area contributed by atoms with Gasteiger partial charge in [0, 0.05) is 29.3 Å². The molecule has 0 radical (unpaired) electrons. The number of amides is 1. The number of ether oxygens (including phenoxy) is 1. The molecular weight excluding hydrogens is 347 g/mol. The predicted molar refractivity (Wildman–Crippen MR) is 92.6 cm³/mol. The normalized spacial score (nSPS) is 17.6. The number of carbonyl (C=O) groups is 2. The molecule has 0 spiro atoms. The lowest BCUT2D eigenvalue weighted by Crippen LogP contribution is -2.19. The van der Waals surface area contributed by atoms with Gasteiger partial charge in [0.15, 0.2) is 5.17 Å². The number of pyridine rings is 1. The Morgan fingerprint density at radius 2 is 2.28 bits per heavy atom. The average molecular weight is 358 g/mol. The highest BCUT2D eigenvalue weighted by molar-refractivity contribution is 8.18. The second-order valence-corrected chi connectivity index (χ2v) is 5.84. The van der Waals surface area contributed by atoms with Crippen molar-refractivity contribution in [3.8, 4) is 0 Å². The van der Waals surface area contributed by atoms with Crippen LogP contribution in [0.3, 0.4) is 0 Å². The van der Waals surface area contributed by atoms with Crippen LogP contribution in [-0.4, -0.2) is 35.4 Å². The third-order valence-corrected chi connectivity index (χ3v) is 4.07. The van der Waals surface area contributed by atoms with E-state index in [-0.39, 0.29) is 15.6 Å². The number of carbonyl (C=O) groups excluding carboxylic acids is 2. The van der Waals surface area contributed by atoms with Crippen molar-refractivity contribution in [1.82, 2.24) is 10.3 Å². The molecule has 1 aromatic carbocycles. The standard InChI is InChI=1S/C16H11FN4O3S/c1-24-14(22)7-13-15(23)20-16(25-13)21-19-8-10-5-9-3-2-4-18-12(9)6-11(10)17/h2-8H,1H3,(H,20,21,23)/b13-7+,19-8?. The average Bonchev–Trinajstić information content (AvgIpc) is 2.94. The molecule has 2 aromatic rings. The zero-order valence-corrected chi connectivity index (χ0v) is 13.7. The highest BCUT2D eigenvalue weighted by Gasteiger charge is 2.25. The molecule has 0 bridgehead atoms. The highest BCUT2D eigenvalue weighted by atomic mass is 32.2. The zero-order valence-electron chi connectivity index (χ0n) is 12.9. The maximum atomic E-state index is 14.0. The van der Waals surface area contributed by atoms with E-state index in [0.29, 0.717) is 5.52 Å². The molecule has 25 heavy (non-hydrogen) atoms. The number of fused-ring (bicyclic) bond motifs is 1. The first-order chi connectivity index (χ1) is 12.1. The van der Waals surface area contributed by atoms with Gasteiger partial charge < -0.3 is 4.74 Å². The molecule has 1 amide bonds. The minimum absolute atomic E-state index is 0.142. The van der Waals surface area contributed by atoms with Gasteiger partial charge in [0.25, 0.3) is 5.91 Å². The SMILES string of the molecule is COC(=O)/C=C1/S/C(=N\N=Cc2cc3cccnc3cc2F)NC1=O. The molecule has 0 atom stereocenters. The Bertz CT molecular complexity index is 956. The van der Waals surface area contributed by atoms with E-state index in [1.54, 1.807) is 18.3 Å². The Hall–Kier alpha value is -3.07. The van der Waals surface area contributed by atoms with E-state index >= 15 is 0 Å². The van der Waals surface area contributed by atoms with E-state index < -0.39 is 17.7 Å². The number of hydrogen-bond donors (Lipinski definition) is 1. The lowest BCUT2D eigenvalue weighted by molar-refractivity contribution is -0.135. The molecule has 1 N–H and O–H groups in total. The summed E-state index contributed by atoms with van der Waals surface area (Å²) in [6.45, 7) is 0. The second-order valence-electron chi connectivity index (χ2n) is 4.81. The van der Waals surface area contributed by atoms with Gasteiger partial charge in [0.1, 0.15) is 5.82 Å². The van der Waals surface area contributed by atoms with Crippen molar-refractivity contribution in [2.45, 2.75) is 0 Å². The van der Waals surface area contributed by atoms with Gasteiger partial charge in [-0.25, -0.2) is 9.18 Å². The summed E-state index contributed by atoms with van der Waals surface area (Å²) in [7, 11) is 1.21. The lowest BCUT2D eigenvalue weighted by Gasteiger charge is -1.99. The predicted octanol–water partition coefficient (Wildman–Crippen LogP) is 1.98. The van der Waals surface area contributed by atoms with Gasteiger partial charge in [0.05, 0.1) is 23.7 Å². The molecule has 0 unspecified atom stereocenters. The van der Waals surface area contributed by atoms with Gasteiger partial charge in [-0.15, -0.1) is 5.10 Å². The van der Waals surface area contributed by atoms with Gasteiger partial charge in [0.2, 0.25) is 0 Å². The molecule has 0 saturated carbocycles. The number of rotatable bonds is 3. The molecule has 126 valence electrons. The summed E-state index contributed by atoms with van der Waals surface area (Å²) in [6.07, 6.45) is 3.88. The van der Waals surface area contributed by atoms with Crippen molar-refractivity contribution in [2.24, 2.45) is 10.2 Å². The largest absolute Gasteiger partial charge is 0.466 e. The van der Waals surface area contributed by atoms with Crippen molar-refractivity contribution in [2.75, 3.05) is 7.11 Å². The molecule has 9 heteroatoms. The van der Waals surface area contributed by atoms with Gasteiger partial charge >= 0.3 is 5.97 Å². The number of nitrogens with zero attached hydrogens (tertiary/aromatic N) is 3. The van der Waals surface area contributed by atoms with Crippen molar-refractivity contribution in [3.05, 3.63) is 52.8 Å². The van der Waals surface area contributed by atoms with Crippen LogP contribution in [0.1, 0.15) is 5.56 Å². The van der Waals surface area contributed by atoms with Gasteiger partial charge in [-0.3, -0.25) is 15.1 Å². The molecule has 3 rings (SSSR count). The first-order valence-electron chi connectivity index (χ1n) is 7.01. The topological polar surface area (TPSA) is 93.0 Å². The van der Waals surface area contributed by atoms with E-state index in [1.807, 2.05) is 6.07 Å². The summed E-state index contributed by atoms with van der Waals surface area (Å²) >= 11 is 0.936. The number of amidine groups is 1. The summed E-state index contributed by atoms with van der Waals surface area (Å²) in [5.74, 6) is -1.61. The second kappa shape index (κ2) is 7.22. The van der Waals surface area contributed by atoms with Crippen molar-refractivity contribution < 1.29 is 18.7 Å². The molecule has 1 aliphatic rings. The van der Waals surface area contributed by atoms with Crippen LogP contribution in [-0.2, 0) is 14.3 Å². The number of methoxy groups -OCH3 is 1. The summed E-state index contributed by atoms with van der Waals surface area (Å²) in [5, 5.41) is 11.0. The Kier molecular flexibility index (Phi) is 4.85. The minimum atomic E-state index is -0.644. The molecule has 1 fully saturated rings. The third kappa shape index (κ3) is 3.89. The molecule has 1 saturated heterocycles. The highest BCUT2D eigenvalue weighted by Crippen LogP contribution is 2.23. The van der Waals surface area contributed by atoms with Crippen LogP contribution in [0, 0.1) is 5.82 Å². The molecule has 1 aromatic heterocycles. The zero-order chi connectivity index (χ0) is 17.8. The van der Waals surface area contributed by atoms with Gasteiger partial charge in [-0.2, -0.15) is 5.10 Å². The molecule has 1 aliphatic heterocycles. The number of hydrogen-bond acceptors (Lipinski definition) is 7. The Morgan fingerprint density at radius 3 is 3.08 bits per heavy atom. The number of halogens is 1. The molecule has 7 nitrogen and oxygen atoms in total. The fourth-order valence-electron chi connectivity index (χ4n) is 2.00. The summed E-state index contributed by atoms with van der Waals surface area (Å²) in [5.41, 5.74) is 0.782.